The molecule has 1 atom stereocenters. The number of thiophene rings is 1. The van der Waals surface area contributed by atoms with Crippen molar-refractivity contribution in [3.05, 3.63) is 40.3 Å². The predicted octanol–water partition coefficient (Wildman–Crippen LogP) is 5.59. The van der Waals surface area contributed by atoms with Gasteiger partial charge in [-0.3, -0.25) is 4.79 Å². The maximum absolute atomic E-state index is 13.2. The third-order valence-electron chi connectivity index (χ3n) is 5.55. The zero-order chi connectivity index (χ0) is 26.2. The first-order valence-corrected chi connectivity index (χ1v) is 14.6. The van der Waals surface area contributed by atoms with Gasteiger partial charge < -0.3 is 10.1 Å². The van der Waals surface area contributed by atoms with E-state index in [-0.39, 0.29) is 39.8 Å². The van der Waals surface area contributed by atoms with E-state index in [9.17, 15) is 18.0 Å². The second-order valence-corrected chi connectivity index (χ2v) is 12.1. The molecule has 0 aliphatic heterocycles. The fourth-order valence-electron chi connectivity index (χ4n) is 3.73. The average molecular weight is 523 g/mol. The number of ether oxygens (including phenoxy) is 1. The normalized spacial score (nSPS) is 12.5. The maximum atomic E-state index is 13.2. The van der Waals surface area contributed by atoms with Crippen LogP contribution in [0, 0.1) is 5.92 Å². The van der Waals surface area contributed by atoms with Crippen molar-refractivity contribution in [2.75, 3.05) is 6.61 Å². The number of hydrogen-bond acceptors (Lipinski definition) is 6. The highest BCUT2D eigenvalue weighted by Crippen LogP contribution is 2.41. The molecule has 194 valence electrons. The number of benzene rings is 1. The van der Waals surface area contributed by atoms with E-state index in [4.69, 9.17) is 9.88 Å². The molecule has 0 radical (unpaired) electrons. The zero-order valence-electron chi connectivity index (χ0n) is 21.3. The number of nitrogens with one attached hydrogen (secondary N) is 1. The Kier molecular flexibility index (Phi) is 10.9. The Hall–Kier alpha value is -2.23. The van der Waals surface area contributed by atoms with Gasteiger partial charge >= 0.3 is 5.97 Å². The number of primary sulfonamides is 1. The van der Waals surface area contributed by atoms with E-state index in [1.165, 1.54) is 0 Å². The van der Waals surface area contributed by atoms with Crippen LogP contribution in [-0.4, -0.2) is 26.9 Å². The molecule has 0 saturated heterocycles. The first-order chi connectivity index (χ1) is 16.5. The van der Waals surface area contributed by atoms with Gasteiger partial charge in [0.05, 0.1) is 18.2 Å². The van der Waals surface area contributed by atoms with Crippen LogP contribution >= 0.6 is 11.3 Å². The number of esters is 1. The molecule has 0 fully saturated rings. The Balaban J connectivity index is 2.60. The molecular weight excluding hydrogens is 484 g/mol. The van der Waals surface area contributed by atoms with Crippen molar-refractivity contribution in [3.63, 3.8) is 0 Å². The first-order valence-electron chi connectivity index (χ1n) is 12.2. The lowest BCUT2D eigenvalue weighted by molar-refractivity contribution is -0.121. The molecule has 2 aromatic rings. The molecule has 1 aromatic heterocycles. The number of amides is 1. The summed E-state index contributed by atoms with van der Waals surface area (Å²) in [4.78, 5) is 26.1. The Labute approximate surface area is 213 Å². The molecule has 7 nitrogen and oxygen atoms in total. The molecule has 0 bridgehead atoms. The van der Waals surface area contributed by atoms with E-state index in [1.807, 2.05) is 46.8 Å². The van der Waals surface area contributed by atoms with Crippen molar-refractivity contribution >= 4 is 33.2 Å². The summed E-state index contributed by atoms with van der Waals surface area (Å²) < 4.78 is 30.7. The summed E-state index contributed by atoms with van der Waals surface area (Å²) in [6.07, 6.45) is 4.31. The average Bonchev–Trinajstić information content (AvgIpc) is 3.17. The maximum Gasteiger partial charge on any atom is 0.339 e. The number of nitrogens with two attached hydrogens (primary N) is 1. The van der Waals surface area contributed by atoms with Gasteiger partial charge in [-0.2, -0.15) is 0 Å². The Morgan fingerprint density at radius 2 is 1.80 bits per heavy atom. The molecule has 0 aliphatic carbocycles. The number of sulfonamides is 1. The van der Waals surface area contributed by atoms with Crippen molar-refractivity contribution in [1.82, 2.24) is 5.32 Å². The molecule has 0 aliphatic rings. The summed E-state index contributed by atoms with van der Waals surface area (Å²) in [6, 6.07) is 6.94. The van der Waals surface area contributed by atoms with E-state index < -0.39 is 16.0 Å². The van der Waals surface area contributed by atoms with Gasteiger partial charge in [-0.25, -0.2) is 18.4 Å². The number of hydrogen-bond donors (Lipinski definition) is 2. The molecule has 35 heavy (non-hydrogen) atoms. The quantitative estimate of drug-likeness (QED) is 0.263. The second-order valence-electron chi connectivity index (χ2n) is 9.21. The van der Waals surface area contributed by atoms with Crippen LogP contribution < -0.4 is 10.5 Å². The Morgan fingerprint density at radius 1 is 1.11 bits per heavy atom. The van der Waals surface area contributed by atoms with Crippen LogP contribution in [0.3, 0.4) is 0 Å². The molecule has 9 heteroatoms. The molecule has 2 rings (SSSR count). The monoisotopic (exact) mass is 522 g/mol. The van der Waals surface area contributed by atoms with Crippen LogP contribution in [0.4, 0.5) is 0 Å². The van der Waals surface area contributed by atoms with Crippen LogP contribution in [0.25, 0.3) is 11.1 Å². The third kappa shape index (κ3) is 8.15. The standard InChI is InChI=1S/C26H38N2O5S2/c1-6-8-13-22(29)28-18(5)19-11-10-12-20(16-19)23-24(25(30)33-14-9-7-2)21(15-17(3)4)34-26(23)35(27,31)32/h10-12,16-18H,6-9,13-15H2,1-5H3,(H,28,29)(H2,27,31,32). The highest BCUT2D eigenvalue weighted by Gasteiger charge is 2.31. The number of unbranched alkanes of at least 4 members (excludes halogenated alkanes) is 2. The van der Waals surface area contributed by atoms with Crippen molar-refractivity contribution in [1.29, 1.82) is 0 Å². The molecule has 0 saturated carbocycles. The summed E-state index contributed by atoms with van der Waals surface area (Å²) in [5, 5.41) is 8.60. The van der Waals surface area contributed by atoms with E-state index in [2.05, 4.69) is 5.32 Å². The summed E-state index contributed by atoms with van der Waals surface area (Å²) in [5.74, 6) is -0.381. The minimum absolute atomic E-state index is 0.0371. The van der Waals surface area contributed by atoms with E-state index in [0.717, 1.165) is 42.6 Å². The van der Waals surface area contributed by atoms with E-state index in [1.54, 1.807) is 12.1 Å². The lowest BCUT2D eigenvalue weighted by Crippen LogP contribution is -2.26. The van der Waals surface area contributed by atoms with Crippen LogP contribution in [0.5, 0.6) is 0 Å². The number of rotatable bonds is 13. The predicted molar refractivity (Wildman–Crippen MR) is 141 cm³/mol. The molecule has 1 unspecified atom stereocenters. The summed E-state index contributed by atoms with van der Waals surface area (Å²) in [7, 11) is -4.10. The fraction of sp³-hybridized carbons (Fsp3) is 0.538. The van der Waals surface area contributed by atoms with Gasteiger partial charge in [0, 0.05) is 16.9 Å². The SMILES string of the molecule is CCCCOC(=O)c1c(CC(C)C)sc(S(N)(=O)=O)c1-c1cccc(C(C)NC(=O)CCCC)c1. The minimum atomic E-state index is -4.10. The Morgan fingerprint density at radius 3 is 2.40 bits per heavy atom. The largest absolute Gasteiger partial charge is 0.462 e. The molecule has 1 amide bonds. The zero-order valence-corrected chi connectivity index (χ0v) is 23.0. The lowest BCUT2D eigenvalue weighted by atomic mass is 9.96. The van der Waals surface area contributed by atoms with Gasteiger partial charge in [0.1, 0.15) is 4.21 Å². The second kappa shape index (κ2) is 13.2. The molecule has 1 aromatic carbocycles. The topological polar surface area (TPSA) is 116 Å². The van der Waals surface area contributed by atoms with Crippen LogP contribution in [0.15, 0.2) is 28.5 Å². The van der Waals surface area contributed by atoms with Crippen molar-refractivity contribution in [2.24, 2.45) is 11.1 Å². The first kappa shape index (κ1) is 29.0. The van der Waals surface area contributed by atoms with Crippen molar-refractivity contribution < 1.29 is 22.7 Å². The van der Waals surface area contributed by atoms with Crippen LogP contribution in [0.1, 0.15) is 93.6 Å². The van der Waals surface area contributed by atoms with Gasteiger partial charge in [0.25, 0.3) is 0 Å². The van der Waals surface area contributed by atoms with Gasteiger partial charge in [-0.15, -0.1) is 11.3 Å². The summed E-state index contributed by atoms with van der Waals surface area (Å²) in [6.45, 7) is 10.2. The van der Waals surface area contributed by atoms with Crippen LogP contribution in [0.2, 0.25) is 0 Å². The number of carbonyl (C=O) groups is 2. The van der Waals surface area contributed by atoms with E-state index in [0.29, 0.717) is 23.3 Å². The van der Waals surface area contributed by atoms with Crippen molar-refractivity contribution in [3.8, 4) is 11.1 Å². The van der Waals surface area contributed by atoms with Gasteiger partial charge in [0.2, 0.25) is 15.9 Å². The van der Waals surface area contributed by atoms with Gasteiger partial charge in [-0.1, -0.05) is 58.7 Å². The smallest absolute Gasteiger partial charge is 0.339 e. The fourth-order valence-corrected chi connectivity index (χ4v) is 6.25. The van der Waals surface area contributed by atoms with Crippen LogP contribution in [-0.2, 0) is 26.0 Å². The molecule has 3 N–H and O–H groups in total. The molecule has 0 spiro atoms. The lowest BCUT2D eigenvalue weighted by Gasteiger charge is -2.16. The molecule has 1 heterocycles. The van der Waals surface area contributed by atoms with E-state index >= 15 is 0 Å². The third-order valence-corrected chi connectivity index (χ3v) is 8.22. The highest BCUT2D eigenvalue weighted by molar-refractivity contribution is 7.91. The Bertz CT molecular complexity index is 1120. The number of carbonyl (C=O) groups excluding carboxylic acids is 2. The van der Waals surface area contributed by atoms with Gasteiger partial charge in [-0.05, 0) is 49.3 Å². The van der Waals surface area contributed by atoms with Crippen molar-refractivity contribution in [2.45, 2.75) is 83.4 Å². The molecular formula is C26H38N2O5S2. The highest BCUT2D eigenvalue weighted by atomic mass is 32.2. The summed E-state index contributed by atoms with van der Waals surface area (Å²) >= 11 is 1.03. The summed E-state index contributed by atoms with van der Waals surface area (Å²) in [5.41, 5.74) is 1.89. The van der Waals surface area contributed by atoms with Gasteiger partial charge in [0.15, 0.2) is 0 Å². The minimum Gasteiger partial charge on any atom is -0.462 e.